The van der Waals surface area contributed by atoms with E-state index in [1.807, 2.05) is 18.2 Å². The molecule has 1 amide bonds. The molecule has 1 unspecified atom stereocenters. The molecule has 1 fully saturated rings. The van der Waals surface area contributed by atoms with Gasteiger partial charge in [-0.05, 0) is 37.6 Å². The third-order valence-electron chi connectivity index (χ3n) is 4.55. The van der Waals surface area contributed by atoms with E-state index in [1.165, 1.54) is 0 Å². The number of rotatable bonds is 9. The van der Waals surface area contributed by atoms with Gasteiger partial charge in [0, 0.05) is 24.7 Å². The molecule has 1 heterocycles. The van der Waals surface area contributed by atoms with Crippen LogP contribution in [0.4, 0.5) is 0 Å². The molecule has 2 rings (SSSR count). The van der Waals surface area contributed by atoms with Gasteiger partial charge in [0.05, 0.1) is 20.8 Å². The minimum absolute atomic E-state index is 0.0913. The van der Waals surface area contributed by atoms with Crippen molar-refractivity contribution in [2.75, 3.05) is 40.4 Å². The van der Waals surface area contributed by atoms with E-state index in [1.54, 1.807) is 31.3 Å². The minimum atomic E-state index is 0.0913. The van der Waals surface area contributed by atoms with Crippen molar-refractivity contribution in [1.29, 1.82) is 0 Å². The maximum Gasteiger partial charge on any atom is 0.237 e. The number of ether oxygens (including phenoxy) is 2. The van der Waals surface area contributed by atoms with E-state index in [9.17, 15) is 4.79 Å². The molecule has 0 N–H and O–H groups in total. The number of likely N-dealkylation sites (tertiary alicyclic amines) is 1. The van der Waals surface area contributed by atoms with Gasteiger partial charge in [-0.2, -0.15) is 0 Å². The first-order valence-corrected chi connectivity index (χ1v) is 8.60. The van der Waals surface area contributed by atoms with Crippen molar-refractivity contribution in [2.45, 2.75) is 18.9 Å². The van der Waals surface area contributed by atoms with Crippen LogP contribution in [0.15, 0.2) is 43.5 Å². The molecule has 0 bridgehead atoms. The summed E-state index contributed by atoms with van der Waals surface area (Å²) in [7, 11) is 3.33. The third kappa shape index (κ3) is 4.63. The van der Waals surface area contributed by atoms with E-state index in [0.29, 0.717) is 19.6 Å². The van der Waals surface area contributed by atoms with Gasteiger partial charge in [-0.15, -0.1) is 13.2 Å². The van der Waals surface area contributed by atoms with Gasteiger partial charge in [0.1, 0.15) is 11.5 Å². The number of nitrogens with zero attached hydrogens (tertiary/aromatic N) is 2. The topological polar surface area (TPSA) is 42.0 Å². The predicted octanol–water partition coefficient (Wildman–Crippen LogP) is 3.04. The van der Waals surface area contributed by atoms with Crippen LogP contribution in [0.3, 0.4) is 0 Å². The standard InChI is InChI=1S/C20H28N2O3/c1-5-11-21(12-6-2)20(23)15-22-13-7-8-18(22)17-14-16(24-3)9-10-19(17)25-4/h5-6,9-10,14,18H,1-2,7-8,11-13,15H2,3-4H3. The summed E-state index contributed by atoms with van der Waals surface area (Å²) in [5.41, 5.74) is 1.08. The van der Waals surface area contributed by atoms with Crippen LogP contribution in [0.1, 0.15) is 24.4 Å². The highest BCUT2D eigenvalue weighted by atomic mass is 16.5. The van der Waals surface area contributed by atoms with Crippen molar-refractivity contribution in [2.24, 2.45) is 0 Å². The van der Waals surface area contributed by atoms with Crippen molar-refractivity contribution < 1.29 is 14.3 Å². The molecule has 0 spiro atoms. The van der Waals surface area contributed by atoms with E-state index in [0.717, 1.165) is 36.4 Å². The Morgan fingerprint density at radius 3 is 2.60 bits per heavy atom. The Morgan fingerprint density at radius 2 is 2.00 bits per heavy atom. The van der Waals surface area contributed by atoms with Crippen LogP contribution in [0, 0.1) is 0 Å². The average Bonchev–Trinajstić information content (AvgIpc) is 3.08. The number of benzene rings is 1. The van der Waals surface area contributed by atoms with Crippen molar-refractivity contribution in [3.05, 3.63) is 49.1 Å². The molecule has 1 aliphatic heterocycles. The van der Waals surface area contributed by atoms with Gasteiger partial charge in [0.2, 0.25) is 5.91 Å². The zero-order valence-electron chi connectivity index (χ0n) is 15.2. The van der Waals surface area contributed by atoms with E-state index in [4.69, 9.17) is 9.47 Å². The number of hydrogen-bond donors (Lipinski definition) is 0. The summed E-state index contributed by atoms with van der Waals surface area (Å²) < 4.78 is 10.9. The Balaban J connectivity index is 2.18. The fourth-order valence-corrected chi connectivity index (χ4v) is 3.33. The Kier molecular flexibility index (Phi) is 7.07. The summed E-state index contributed by atoms with van der Waals surface area (Å²) in [4.78, 5) is 16.6. The molecule has 1 aliphatic rings. The SMILES string of the molecule is C=CCN(CC=C)C(=O)CN1CCCC1c1cc(OC)ccc1OC. The lowest BCUT2D eigenvalue weighted by Gasteiger charge is -2.28. The summed E-state index contributed by atoms with van der Waals surface area (Å²) in [6.45, 7) is 9.80. The van der Waals surface area contributed by atoms with Crippen LogP contribution in [0.5, 0.6) is 11.5 Å². The number of amides is 1. The summed E-state index contributed by atoms with van der Waals surface area (Å²) in [5, 5.41) is 0. The van der Waals surface area contributed by atoms with Crippen LogP contribution in [0.2, 0.25) is 0 Å². The Hall–Kier alpha value is -2.27. The second-order valence-corrected chi connectivity index (χ2v) is 6.11. The quantitative estimate of drug-likeness (QED) is 0.646. The lowest BCUT2D eigenvalue weighted by molar-refractivity contribution is -0.131. The molecule has 0 aliphatic carbocycles. The maximum absolute atomic E-state index is 12.7. The van der Waals surface area contributed by atoms with Crippen molar-refractivity contribution in [3.63, 3.8) is 0 Å². The highest BCUT2D eigenvalue weighted by Gasteiger charge is 2.31. The average molecular weight is 344 g/mol. The molecule has 1 atom stereocenters. The molecular formula is C20H28N2O3. The molecule has 0 aromatic heterocycles. The fraction of sp³-hybridized carbons (Fsp3) is 0.450. The highest BCUT2D eigenvalue weighted by molar-refractivity contribution is 5.78. The first-order valence-electron chi connectivity index (χ1n) is 8.60. The zero-order chi connectivity index (χ0) is 18.2. The zero-order valence-corrected chi connectivity index (χ0v) is 15.2. The van der Waals surface area contributed by atoms with E-state index in [-0.39, 0.29) is 11.9 Å². The summed E-state index contributed by atoms with van der Waals surface area (Å²) in [6.07, 6.45) is 5.54. The van der Waals surface area contributed by atoms with E-state index >= 15 is 0 Å². The molecule has 1 aromatic carbocycles. The molecule has 136 valence electrons. The lowest BCUT2D eigenvalue weighted by Crippen LogP contribution is -2.40. The molecular weight excluding hydrogens is 316 g/mol. The highest BCUT2D eigenvalue weighted by Crippen LogP contribution is 2.38. The van der Waals surface area contributed by atoms with Gasteiger partial charge in [0.15, 0.2) is 0 Å². The van der Waals surface area contributed by atoms with Crippen molar-refractivity contribution in [3.8, 4) is 11.5 Å². The smallest absolute Gasteiger partial charge is 0.237 e. The van der Waals surface area contributed by atoms with Gasteiger partial charge in [-0.25, -0.2) is 0 Å². The van der Waals surface area contributed by atoms with E-state index in [2.05, 4.69) is 18.1 Å². The molecule has 0 radical (unpaired) electrons. The minimum Gasteiger partial charge on any atom is -0.497 e. The summed E-state index contributed by atoms with van der Waals surface area (Å²) in [5.74, 6) is 1.72. The Labute approximate surface area is 150 Å². The van der Waals surface area contributed by atoms with Crippen molar-refractivity contribution >= 4 is 5.91 Å². The number of carbonyl (C=O) groups is 1. The molecule has 25 heavy (non-hydrogen) atoms. The number of hydrogen-bond acceptors (Lipinski definition) is 4. The Bertz CT molecular complexity index is 605. The predicted molar refractivity (Wildman–Crippen MR) is 100 cm³/mol. The van der Waals surface area contributed by atoms with Crippen LogP contribution in [-0.2, 0) is 4.79 Å². The fourth-order valence-electron chi connectivity index (χ4n) is 3.33. The first kappa shape index (κ1) is 19.1. The second kappa shape index (κ2) is 9.28. The van der Waals surface area contributed by atoms with Crippen LogP contribution >= 0.6 is 0 Å². The van der Waals surface area contributed by atoms with Gasteiger partial charge in [0.25, 0.3) is 0 Å². The van der Waals surface area contributed by atoms with Gasteiger partial charge in [-0.3, -0.25) is 9.69 Å². The van der Waals surface area contributed by atoms with Crippen molar-refractivity contribution in [1.82, 2.24) is 9.80 Å². The summed E-state index contributed by atoms with van der Waals surface area (Å²) in [6, 6.07) is 5.98. The maximum atomic E-state index is 12.7. The van der Waals surface area contributed by atoms with Crippen LogP contribution in [0.25, 0.3) is 0 Å². The monoisotopic (exact) mass is 344 g/mol. The normalized spacial score (nSPS) is 17.1. The largest absolute Gasteiger partial charge is 0.497 e. The third-order valence-corrected chi connectivity index (χ3v) is 4.55. The molecule has 0 saturated carbocycles. The van der Waals surface area contributed by atoms with Gasteiger partial charge < -0.3 is 14.4 Å². The van der Waals surface area contributed by atoms with Gasteiger partial charge >= 0.3 is 0 Å². The number of methoxy groups -OCH3 is 2. The molecule has 5 nitrogen and oxygen atoms in total. The Morgan fingerprint density at radius 1 is 1.28 bits per heavy atom. The summed E-state index contributed by atoms with van der Waals surface area (Å²) >= 11 is 0. The number of carbonyl (C=O) groups excluding carboxylic acids is 1. The van der Waals surface area contributed by atoms with Crippen LogP contribution < -0.4 is 9.47 Å². The lowest BCUT2D eigenvalue weighted by atomic mass is 10.0. The van der Waals surface area contributed by atoms with E-state index < -0.39 is 0 Å². The molecule has 1 aromatic rings. The van der Waals surface area contributed by atoms with Gasteiger partial charge in [-0.1, -0.05) is 12.2 Å². The first-order chi connectivity index (χ1) is 12.1. The molecule has 1 saturated heterocycles. The van der Waals surface area contributed by atoms with Crippen LogP contribution in [-0.4, -0.2) is 56.1 Å². The second-order valence-electron chi connectivity index (χ2n) is 6.11. The molecule has 5 heteroatoms.